The molecule has 0 saturated heterocycles. The van der Waals surface area contributed by atoms with Crippen LogP contribution in [0.3, 0.4) is 0 Å². The van der Waals surface area contributed by atoms with Crippen LogP contribution in [-0.2, 0) is 0 Å². The Hall–Kier alpha value is -1.10. The maximum absolute atomic E-state index is 12.7. The van der Waals surface area contributed by atoms with E-state index in [-0.39, 0.29) is 0 Å². The minimum absolute atomic E-state index is 0.319. The van der Waals surface area contributed by atoms with Gasteiger partial charge in [0.1, 0.15) is 0 Å². The van der Waals surface area contributed by atoms with Gasteiger partial charge in [0.15, 0.2) is 5.83 Å². The molecule has 0 amide bonds. The largest absolute Gasteiger partial charge is 0.460 e. The fraction of sp³-hybridized carbons (Fsp3) is 0.750. The molecule has 12 heteroatoms. The smallest absolute Gasteiger partial charge is 0.205 e. The Kier molecular flexibility index (Phi) is 4.46. The zero-order valence-electron chi connectivity index (χ0n) is 9.11. The van der Waals surface area contributed by atoms with Gasteiger partial charge in [-0.15, -0.1) is 0 Å². The highest BCUT2D eigenvalue weighted by atomic mass is 19.4. The number of allylic oxidation sites excluding steroid dienone is 2. The first-order chi connectivity index (χ1) is 8.48. The van der Waals surface area contributed by atoms with Crippen LogP contribution in [-0.4, -0.2) is 29.9 Å². The summed E-state index contributed by atoms with van der Waals surface area (Å²) in [7, 11) is 0. The Bertz CT molecular complexity index is 387. The second-order valence-electron chi connectivity index (χ2n) is 3.43. The molecule has 0 aromatic heterocycles. The first-order valence-electron chi connectivity index (χ1n) is 4.38. The van der Waals surface area contributed by atoms with Crippen molar-refractivity contribution in [1.82, 2.24) is 0 Å². The van der Waals surface area contributed by atoms with E-state index in [1.54, 1.807) is 0 Å². The van der Waals surface area contributed by atoms with E-state index in [1.165, 1.54) is 0 Å². The van der Waals surface area contributed by atoms with Crippen molar-refractivity contribution in [2.45, 2.75) is 36.8 Å². The van der Waals surface area contributed by atoms with Gasteiger partial charge in [-0.05, 0) is 13.0 Å². The third kappa shape index (κ3) is 2.32. The highest BCUT2D eigenvalue weighted by Crippen LogP contribution is 2.58. The van der Waals surface area contributed by atoms with Gasteiger partial charge in [-0.25, -0.2) is 4.39 Å². The predicted octanol–water partition coefficient (Wildman–Crippen LogP) is 4.96. The molecule has 0 fully saturated rings. The zero-order chi connectivity index (χ0) is 16.8. The maximum atomic E-state index is 12.7. The summed E-state index contributed by atoms with van der Waals surface area (Å²) < 4.78 is 148. The van der Waals surface area contributed by atoms with Gasteiger partial charge in [-0.1, -0.05) is 0 Å². The van der Waals surface area contributed by atoms with Crippen molar-refractivity contribution in [3.8, 4) is 0 Å². The van der Waals surface area contributed by atoms with E-state index in [1.807, 2.05) is 0 Å². The molecule has 0 atom stereocenters. The summed E-state index contributed by atoms with van der Waals surface area (Å²) in [5.41, 5.74) is 0. The summed E-state index contributed by atoms with van der Waals surface area (Å²) in [4.78, 5) is 0. The molecule has 0 aromatic rings. The topological polar surface area (TPSA) is 0 Å². The minimum atomic E-state index is -7.58. The van der Waals surface area contributed by atoms with Gasteiger partial charge in [0, 0.05) is 0 Å². The third-order valence-corrected chi connectivity index (χ3v) is 2.09. The second-order valence-corrected chi connectivity index (χ2v) is 3.43. The van der Waals surface area contributed by atoms with Crippen molar-refractivity contribution < 1.29 is 52.7 Å². The van der Waals surface area contributed by atoms with Crippen LogP contribution in [0.1, 0.15) is 6.92 Å². The molecular formula is C8H4F12. The molecule has 0 rings (SSSR count). The first kappa shape index (κ1) is 18.9. The second kappa shape index (κ2) is 4.72. The lowest BCUT2D eigenvalue weighted by molar-refractivity contribution is -0.419. The summed E-state index contributed by atoms with van der Waals surface area (Å²) in [6.45, 7) is 0.319. The molecule has 0 N–H and O–H groups in total. The van der Waals surface area contributed by atoms with Gasteiger partial charge < -0.3 is 0 Å². The van der Waals surface area contributed by atoms with Gasteiger partial charge in [0.25, 0.3) is 0 Å². The van der Waals surface area contributed by atoms with Gasteiger partial charge in [-0.2, -0.15) is 48.3 Å². The van der Waals surface area contributed by atoms with E-state index >= 15 is 0 Å². The summed E-state index contributed by atoms with van der Waals surface area (Å²) in [5.74, 6) is -32.2. The lowest BCUT2D eigenvalue weighted by Gasteiger charge is -2.36. The third-order valence-electron chi connectivity index (χ3n) is 2.09. The molecule has 0 heterocycles. The van der Waals surface area contributed by atoms with E-state index in [2.05, 4.69) is 0 Å². The van der Waals surface area contributed by atoms with Gasteiger partial charge >= 0.3 is 29.9 Å². The molecule has 0 aliphatic heterocycles. The highest BCUT2D eigenvalue weighted by molar-refractivity contribution is 5.16. The van der Waals surface area contributed by atoms with E-state index in [9.17, 15) is 52.7 Å². The minimum Gasteiger partial charge on any atom is -0.205 e. The SMILES string of the molecule is CC=C(F)C(F)(F)C(F)(F)C(F)(F)C(F)(F)C(F)(F)F. The quantitative estimate of drug-likeness (QED) is 0.640. The van der Waals surface area contributed by atoms with Crippen LogP contribution in [0.5, 0.6) is 0 Å². The Labute approximate surface area is 103 Å². The van der Waals surface area contributed by atoms with Crippen molar-refractivity contribution in [3.63, 3.8) is 0 Å². The fourth-order valence-corrected chi connectivity index (χ4v) is 0.904. The van der Waals surface area contributed by atoms with Gasteiger partial charge in [0.2, 0.25) is 0 Å². The van der Waals surface area contributed by atoms with Crippen molar-refractivity contribution in [3.05, 3.63) is 11.9 Å². The number of hydrogen-bond donors (Lipinski definition) is 0. The van der Waals surface area contributed by atoms with E-state index in [0.717, 1.165) is 0 Å². The molecule has 120 valence electrons. The monoisotopic (exact) mass is 328 g/mol. The van der Waals surface area contributed by atoms with Crippen LogP contribution in [0.25, 0.3) is 0 Å². The molecule has 0 radical (unpaired) electrons. The Balaban J connectivity index is 6.07. The average molecular weight is 328 g/mol. The van der Waals surface area contributed by atoms with E-state index < -0.39 is 41.8 Å². The van der Waals surface area contributed by atoms with E-state index in [0.29, 0.717) is 6.92 Å². The molecule has 0 bridgehead atoms. The van der Waals surface area contributed by atoms with Crippen molar-refractivity contribution in [2.24, 2.45) is 0 Å². The Morgan fingerprint density at radius 1 is 0.650 bits per heavy atom. The highest BCUT2D eigenvalue weighted by Gasteiger charge is 2.87. The maximum Gasteiger partial charge on any atom is 0.460 e. The molecule has 0 aromatic carbocycles. The van der Waals surface area contributed by atoms with Crippen LogP contribution in [0, 0.1) is 0 Å². The van der Waals surface area contributed by atoms with Crippen molar-refractivity contribution in [1.29, 1.82) is 0 Å². The molecule has 20 heavy (non-hydrogen) atoms. The van der Waals surface area contributed by atoms with Crippen LogP contribution in [0.2, 0.25) is 0 Å². The number of rotatable bonds is 4. The molecule has 0 aliphatic carbocycles. The molecule has 0 aliphatic rings. The Morgan fingerprint density at radius 3 is 1.25 bits per heavy atom. The fourth-order valence-electron chi connectivity index (χ4n) is 0.904. The zero-order valence-corrected chi connectivity index (χ0v) is 9.11. The van der Waals surface area contributed by atoms with E-state index in [4.69, 9.17) is 0 Å². The average Bonchev–Trinajstić information content (AvgIpc) is 2.25. The lowest BCUT2D eigenvalue weighted by Crippen LogP contribution is -2.66. The standard InChI is InChI=1S/C8H4F12/c1-2-3(9)4(10,11)5(12,13)6(14,15)7(16,17)8(18,19)20/h2H,1H3. The number of halogens is 12. The van der Waals surface area contributed by atoms with Crippen molar-refractivity contribution in [2.75, 3.05) is 0 Å². The molecule has 0 unspecified atom stereocenters. The normalized spacial score (nSPS) is 16.6. The molecule has 0 nitrogen and oxygen atoms in total. The lowest BCUT2D eigenvalue weighted by atomic mass is 9.97. The van der Waals surface area contributed by atoms with Crippen LogP contribution in [0.15, 0.2) is 11.9 Å². The van der Waals surface area contributed by atoms with Crippen LogP contribution < -0.4 is 0 Å². The Morgan fingerprint density at radius 2 is 1.00 bits per heavy atom. The van der Waals surface area contributed by atoms with Crippen molar-refractivity contribution >= 4 is 0 Å². The number of hydrogen-bond acceptors (Lipinski definition) is 0. The molecular weight excluding hydrogens is 324 g/mol. The summed E-state index contributed by atoms with van der Waals surface area (Å²) in [5, 5.41) is 0. The molecule has 0 spiro atoms. The summed E-state index contributed by atoms with van der Waals surface area (Å²) >= 11 is 0. The first-order valence-corrected chi connectivity index (χ1v) is 4.38. The van der Waals surface area contributed by atoms with Gasteiger partial charge in [0.05, 0.1) is 0 Å². The summed E-state index contributed by atoms with van der Waals surface area (Å²) in [6.07, 6.45) is -7.72. The summed E-state index contributed by atoms with van der Waals surface area (Å²) in [6, 6.07) is 0. The predicted molar refractivity (Wildman–Crippen MR) is 40.7 cm³/mol. The number of alkyl halides is 11. The van der Waals surface area contributed by atoms with Crippen LogP contribution >= 0.6 is 0 Å². The molecule has 0 saturated carbocycles. The van der Waals surface area contributed by atoms with Gasteiger partial charge in [-0.3, -0.25) is 0 Å². The van der Waals surface area contributed by atoms with Crippen LogP contribution in [0.4, 0.5) is 52.7 Å².